The molecule has 0 saturated heterocycles. The number of aromatic nitrogens is 3. The van der Waals surface area contributed by atoms with Crippen molar-refractivity contribution >= 4 is 23.4 Å². The molecule has 0 saturated carbocycles. The molecule has 3 heterocycles. The Labute approximate surface area is 103 Å². The lowest BCUT2D eigenvalue weighted by Gasteiger charge is -2.10. The maximum absolute atomic E-state index is 5.41. The lowest BCUT2D eigenvalue weighted by atomic mass is 10.2. The Morgan fingerprint density at radius 2 is 2.29 bits per heavy atom. The maximum atomic E-state index is 5.41. The Morgan fingerprint density at radius 3 is 3.06 bits per heavy atom. The number of fused-ring (bicyclic) bond motifs is 1. The molecular formula is C12H11N3OS. The van der Waals surface area contributed by atoms with E-state index in [9.17, 15) is 0 Å². The zero-order valence-electron chi connectivity index (χ0n) is 9.25. The largest absolute Gasteiger partial charge is 0.467 e. The second kappa shape index (κ2) is 3.85. The van der Waals surface area contributed by atoms with Gasteiger partial charge < -0.3 is 9.40 Å². The highest BCUT2D eigenvalue weighted by Crippen LogP contribution is 2.23. The van der Waals surface area contributed by atoms with Gasteiger partial charge in [-0.2, -0.15) is 0 Å². The lowest BCUT2D eigenvalue weighted by Crippen LogP contribution is -2.06. The van der Waals surface area contributed by atoms with Crippen molar-refractivity contribution in [2.45, 2.75) is 13.0 Å². The molecule has 0 aliphatic rings. The van der Waals surface area contributed by atoms with Crippen molar-refractivity contribution < 1.29 is 4.42 Å². The third-order valence-electron chi connectivity index (χ3n) is 2.82. The number of hydrogen-bond donors (Lipinski definition) is 1. The highest BCUT2D eigenvalue weighted by molar-refractivity contribution is 7.71. The number of aromatic amines is 1. The van der Waals surface area contributed by atoms with Crippen LogP contribution in [0.4, 0.5) is 0 Å². The molecule has 3 aromatic rings. The SMILES string of the molecule is CC(c1ccco1)n1c(=S)[nH]c2cccnc21. The van der Waals surface area contributed by atoms with Crippen molar-refractivity contribution in [3.05, 3.63) is 47.3 Å². The molecule has 1 unspecified atom stereocenters. The van der Waals surface area contributed by atoms with E-state index in [2.05, 4.69) is 9.97 Å². The predicted molar refractivity (Wildman–Crippen MR) is 67.4 cm³/mol. The Bertz CT molecular complexity index is 696. The second-order valence-corrected chi connectivity index (χ2v) is 4.25. The van der Waals surface area contributed by atoms with Gasteiger partial charge in [0.15, 0.2) is 10.4 Å². The topological polar surface area (TPSA) is 46.8 Å². The molecule has 0 aliphatic carbocycles. The molecule has 0 radical (unpaired) electrons. The third kappa shape index (κ3) is 1.59. The van der Waals surface area contributed by atoms with E-state index in [1.165, 1.54) is 0 Å². The molecule has 1 N–H and O–H groups in total. The average Bonchev–Trinajstić information content (AvgIpc) is 2.94. The summed E-state index contributed by atoms with van der Waals surface area (Å²) in [5.41, 5.74) is 1.79. The quantitative estimate of drug-likeness (QED) is 0.705. The molecule has 0 fully saturated rings. The fourth-order valence-corrected chi connectivity index (χ4v) is 2.33. The van der Waals surface area contributed by atoms with Gasteiger partial charge in [0.2, 0.25) is 0 Å². The molecule has 0 spiro atoms. The maximum Gasteiger partial charge on any atom is 0.179 e. The minimum atomic E-state index is 0.0288. The number of pyridine rings is 1. The van der Waals surface area contributed by atoms with Gasteiger partial charge in [0.25, 0.3) is 0 Å². The minimum Gasteiger partial charge on any atom is -0.467 e. The first-order valence-electron chi connectivity index (χ1n) is 5.36. The zero-order valence-corrected chi connectivity index (χ0v) is 10.1. The molecule has 0 amide bonds. The third-order valence-corrected chi connectivity index (χ3v) is 3.12. The summed E-state index contributed by atoms with van der Waals surface area (Å²) in [6, 6.07) is 7.69. The van der Waals surface area contributed by atoms with Gasteiger partial charge in [0, 0.05) is 6.20 Å². The number of hydrogen-bond acceptors (Lipinski definition) is 3. The molecule has 17 heavy (non-hydrogen) atoms. The van der Waals surface area contributed by atoms with E-state index in [-0.39, 0.29) is 6.04 Å². The van der Waals surface area contributed by atoms with Crippen LogP contribution in [0.3, 0.4) is 0 Å². The Morgan fingerprint density at radius 1 is 1.41 bits per heavy atom. The van der Waals surface area contributed by atoms with Crippen LogP contribution in [0.15, 0.2) is 41.1 Å². The molecule has 86 valence electrons. The van der Waals surface area contributed by atoms with Crippen LogP contribution in [0.1, 0.15) is 18.7 Å². The molecule has 4 nitrogen and oxygen atoms in total. The van der Waals surface area contributed by atoms with E-state index >= 15 is 0 Å². The van der Waals surface area contributed by atoms with Gasteiger partial charge in [-0.15, -0.1) is 0 Å². The molecule has 0 bridgehead atoms. The van der Waals surface area contributed by atoms with Gasteiger partial charge in [-0.3, -0.25) is 4.57 Å². The Hall–Kier alpha value is -1.88. The fourth-order valence-electron chi connectivity index (χ4n) is 1.97. The first-order valence-corrected chi connectivity index (χ1v) is 5.77. The summed E-state index contributed by atoms with van der Waals surface area (Å²) in [6.45, 7) is 2.04. The summed E-state index contributed by atoms with van der Waals surface area (Å²) in [5.74, 6) is 0.868. The summed E-state index contributed by atoms with van der Waals surface area (Å²) < 4.78 is 8.03. The van der Waals surface area contributed by atoms with Gasteiger partial charge in [0.1, 0.15) is 5.76 Å². The molecule has 3 rings (SSSR count). The van der Waals surface area contributed by atoms with E-state index in [0.717, 1.165) is 16.9 Å². The van der Waals surface area contributed by atoms with E-state index in [0.29, 0.717) is 4.77 Å². The van der Waals surface area contributed by atoms with Crippen LogP contribution in [0.5, 0.6) is 0 Å². The normalized spacial score (nSPS) is 13.0. The lowest BCUT2D eigenvalue weighted by molar-refractivity contribution is 0.448. The Balaban J connectivity index is 2.23. The predicted octanol–water partition coefficient (Wildman–Crippen LogP) is 3.30. The van der Waals surface area contributed by atoms with Crippen molar-refractivity contribution in [1.82, 2.24) is 14.5 Å². The standard InChI is InChI=1S/C12H11N3OS/c1-8(10-5-3-7-16-10)15-11-9(14-12(15)17)4-2-6-13-11/h2-8H,1H3,(H,14,17). The van der Waals surface area contributed by atoms with E-state index < -0.39 is 0 Å². The second-order valence-electron chi connectivity index (χ2n) is 3.87. The first kappa shape index (κ1) is 10.3. The van der Waals surface area contributed by atoms with E-state index in [1.807, 2.05) is 35.8 Å². The highest BCUT2D eigenvalue weighted by Gasteiger charge is 2.15. The van der Waals surface area contributed by atoms with Crippen LogP contribution in [-0.2, 0) is 0 Å². The highest BCUT2D eigenvalue weighted by atomic mass is 32.1. The van der Waals surface area contributed by atoms with Crippen LogP contribution in [0.2, 0.25) is 0 Å². The van der Waals surface area contributed by atoms with Gasteiger partial charge in [-0.05, 0) is 43.4 Å². The van der Waals surface area contributed by atoms with Crippen LogP contribution in [0.25, 0.3) is 11.2 Å². The van der Waals surface area contributed by atoms with Crippen molar-refractivity contribution in [3.8, 4) is 0 Å². The van der Waals surface area contributed by atoms with Gasteiger partial charge >= 0.3 is 0 Å². The smallest absolute Gasteiger partial charge is 0.179 e. The molecule has 0 aromatic carbocycles. The van der Waals surface area contributed by atoms with Crippen molar-refractivity contribution in [3.63, 3.8) is 0 Å². The number of imidazole rings is 1. The summed E-state index contributed by atoms with van der Waals surface area (Å²) in [4.78, 5) is 7.50. The van der Waals surface area contributed by atoms with Gasteiger partial charge in [-0.25, -0.2) is 4.98 Å². The van der Waals surface area contributed by atoms with Gasteiger partial charge in [-0.1, -0.05) is 0 Å². The van der Waals surface area contributed by atoms with Crippen molar-refractivity contribution in [2.75, 3.05) is 0 Å². The van der Waals surface area contributed by atoms with Crippen LogP contribution in [0, 0.1) is 4.77 Å². The molecule has 5 heteroatoms. The number of nitrogens with one attached hydrogen (secondary N) is 1. The number of furan rings is 1. The monoisotopic (exact) mass is 245 g/mol. The summed E-state index contributed by atoms with van der Waals surface area (Å²) in [5, 5.41) is 0. The summed E-state index contributed by atoms with van der Waals surface area (Å²) >= 11 is 5.33. The van der Waals surface area contributed by atoms with Gasteiger partial charge in [0.05, 0.1) is 17.8 Å². The van der Waals surface area contributed by atoms with Crippen molar-refractivity contribution in [1.29, 1.82) is 0 Å². The van der Waals surface area contributed by atoms with E-state index in [1.54, 1.807) is 12.5 Å². The molecule has 3 aromatic heterocycles. The average molecular weight is 245 g/mol. The van der Waals surface area contributed by atoms with Crippen molar-refractivity contribution in [2.24, 2.45) is 0 Å². The van der Waals surface area contributed by atoms with E-state index in [4.69, 9.17) is 16.6 Å². The number of nitrogens with zero attached hydrogens (tertiary/aromatic N) is 2. The number of rotatable bonds is 2. The Kier molecular flexibility index (Phi) is 2.33. The number of H-pyrrole nitrogens is 1. The zero-order chi connectivity index (χ0) is 11.8. The minimum absolute atomic E-state index is 0.0288. The molecular weight excluding hydrogens is 234 g/mol. The first-order chi connectivity index (χ1) is 8.27. The van der Waals surface area contributed by atoms with Crippen LogP contribution >= 0.6 is 12.2 Å². The van der Waals surface area contributed by atoms with Crippen LogP contribution in [-0.4, -0.2) is 14.5 Å². The fraction of sp³-hybridized carbons (Fsp3) is 0.167. The summed E-state index contributed by atoms with van der Waals surface area (Å²) in [6.07, 6.45) is 3.42. The molecule has 1 atom stereocenters. The molecule has 0 aliphatic heterocycles. The summed E-state index contributed by atoms with van der Waals surface area (Å²) in [7, 11) is 0. The van der Waals surface area contributed by atoms with Crippen LogP contribution < -0.4 is 0 Å².